The summed E-state index contributed by atoms with van der Waals surface area (Å²) in [7, 11) is 0. The van der Waals surface area contributed by atoms with Crippen LogP contribution in [0.1, 0.15) is 40.0 Å². The molecule has 5 nitrogen and oxygen atoms in total. The van der Waals surface area contributed by atoms with Gasteiger partial charge in [-0.1, -0.05) is 13.8 Å². The molecule has 2 heterocycles. The number of quaternary nitrogens is 1. The maximum Gasteiger partial charge on any atom is 0.341 e. The smallest absolute Gasteiger partial charge is 0.341 e. The second-order valence-electron chi connectivity index (χ2n) is 6.71. The molecule has 2 rings (SSSR count). The third-order valence-corrected chi connectivity index (χ3v) is 5.22. The number of nitrogens with one attached hydrogen (secondary N) is 1. The first-order valence-corrected chi connectivity index (χ1v) is 7.79. The fourth-order valence-electron chi connectivity index (χ4n) is 3.78. The average Bonchev–Trinajstić information content (AvgIpc) is 2.97. The Morgan fingerprint density at radius 3 is 2.65 bits per heavy atom. The molecule has 5 atom stereocenters. The van der Waals surface area contributed by atoms with Crippen LogP contribution in [0.15, 0.2) is 0 Å². The minimum Gasteiger partial charge on any atom is -0.463 e. The van der Waals surface area contributed by atoms with E-state index in [1.54, 1.807) is 18.7 Å². The van der Waals surface area contributed by atoms with Gasteiger partial charge in [0.15, 0.2) is 5.60 Å². The monoisotopic (exact) mass is 286 g/mol. The molecule has 1 unspecified atom stereocenters. The van der Waals surface area contributed by atoms with Crippen LogP contribution in [0.5, 0.6) is 0 Å². The van der Waals surface area contributed by atoms with Gasteiger partial charge >= 0.3 is 5.97 Å². The zero-order valence-corrected chi connectivity index (χ0v) is 12.8. The van der Waals surface area contributed by atoms with Gasteiger partial charge in [0.05, 0.1) is 31.2 Å². The van der Waals surface area contributed by atoms with Crippen molar-refractivity contribution in [1.82, 2.24) is 0 Å². The lowest BCUT2D eigenvalue weighted by atomic mass is 9.85. The molecule has 0 aromatic carbocycles. The predicted octanol–water partition coefficient (Wildman–Crippen LogP) is -0.635. The Balaban J connectivity index is 1.91. The summed E-state index contributed by atoms with van der Waals surface area (Å²) in [5.41, 5.74) is -1.80. The van der Waals surface area contributed by atoms with Crippen LogP contribution in [-0.2, 0) is 9.53 Å². The number of rotatable bonds is 5. The van der Waals surface area contributed by atoms with Gasteiger partial charge in [-0.05, 0) is 12.8 Å². The molecule has 5 heteroatoms. The van der Waals surface area contributed by atoms with Crippen LogP contribution in [0.3, 0.4) is 0 Å². The minimum absolute atomic E-state index is 0.370. The Morgan fingerprint density at radius 2 is 2.05 bits per heavy atom. The summed E-state index contributed by atoms with van der Waals surface area (Å²) < 4.78 is 5.36. The zero-order valence-electron chi connectivity index (χ0n) is 12.8. The summed E-state index contributed by atoms with van der Waals surface area (Å²) in [6.07, 6.45) is 2.42. The summed E-state index contributed by atoms with van der Waals surface area (Å²) in [6.45, 7) is 7.63. The highest BCUT2D eigenvalue weighted by Gasteiger charge is 2.47. The number of aliphatic hydroxyl groups excluding tert-OH is 1. The van der Waals surface area contributed by atoms with Crippen LogP contribution in [-0.4, -0.2) is 53.6 Å². The normalized spacial score (nSPS) is 33.8. The van der Waals surface area contributed by atoms with Crippen molar-refractivity contribution in [2.45, 2.75) is 57.8 Å². The van der Waals surface area contributed by atoms with Crippen LogP contribution < -0.4 is 4.90 Å². The van der Waals surface area contributed by atoms with Gasteiger partial charge in [-0.3, -0.25) is 0 Å². The summed E-state index contributed by atoms with van der Waals surface area (Å²) >= 11 is 0. The Morgan fingerprint density at radius 1 is 1.35 bits per heavy atom. The molecular formula is C15H28NO4+. The molecule has 0 bridgehead atoms. The summed E-state index contributed by atoms with van der Waals surface area (Å²) in [5.74, 6) is -0.664. The number of hydrogen-bond donors (Lipinski definition) is 3. The van der Waals surface area contributed by atoms with E-state index in [1.807, 2.05) is 0 Å². The molecule has 2 aliphatic rings. The van der Waals surface area contributed by atoms with Crippen molar-refractivity contribution in [2.75, 3.05) is 19.7 Å². The van der Waals surface area contributed by atoms with E-state index < -0.39 is 17.7 Å². The van der Waals surface area contributed by atoms with E-state index in [2.05, 4.69) is 0 Å². The van der Waals surface area contributed by atoms with Gasteiger partial charge in [0, 0.05) is 19.3 Å². The SMILES string of the molecule is CC(C)[C@@](O)(C(=O)OC[C@H]1CC[NH+]2CCC[C@@H]12)[C@@H](C)O. The molecule has 0 saturated carbocycles. The average molecular weight is 286 g/mol. The van der Waals surface area contributed by atoms with Crippen molar-refractivity contribution in [3.8, 4) is 0 Å². The van der Waals surface area contributed by atoms with Crippen LogP contribution in [0.25, 0.3) is 0 Å². The van der Waals surface area contributed by atoms with Crippen LogP contribution in [0.2, 0.25) is 0 Å². The molecule has 20 heavy (non-hydrogen) atoms. The topological polar surface area (TPSA) is 71.2 Å². The molecule has 2 fully saturated rings. The van der Waals surface area contributed by atoms with Crippen LogP contribution >= 0.6 is 0 Å². The first-order chi connectivity index (χ1) is 9.37. The van der Waals surface area contributed by atoms with E-state index in [0.29, 0.717) is 18.6 Å². The third-order valence-electron chi connectivity index (χ3n) is 5.22. The Kier molecular flexibility index (Phi) is 4.72. The number of carbonyl (C=O) groups is 1. The van der Waals surface area contributed by atoms with Crippen molar-refractivity contribution in [3.05, 3.63) is 0 Å². The Bertz CT molecular complexity index is 348. The van der Waals surface area contributed by atoms with Gasteiger partial charge in [0.25, 0.3) is 0 Å². The summed E-state index contributed by atoms with van der Waals surface area (Å²) in [5, 5.41) is 20.1. The molecule has 116 valence electrons. The molecule has 0 aromatic heterocycles. The molecule has 3 N–H and O–H groups in total. The Hall–Kier alpha value is -0.650. The molecule has 0 radical (unpaired) electrons. The van der Waals surface area contributed by atoms with E-state index in [1.165, 1.54) is 26.3 Å². The van der Waals surface area contributed by atoms with E-state index in [-0.39, 0.29) is 5.92 Å². The number of carbonyl (C=O) groups excluding carboxylic acids is 1. The number of fused-ring (bicyclic) bond motifs is 1. The first-order valence-electron chi connectivity index (χ1n) is 7.79. The highest BCUT2D eigenvalue weighted by Crippen LogP contribution is 2.25. The molecule has 0 spiro atoms. The quantitative estimate of drug-likeness (QED) is 0.588. The van der Waals surface area contributed by atoms with Gasteiger partial charge in [0.1, 0.15) is 6.61 Å². The second kappa shape index (κ2) is 6.00. The number of ether oxygens (including phenoxy) is 1. The lowest BCUT2D eigenvalue weighted by molar-refractivity contribution is -0.900. The van der Waals surface area contributed by atoms with E-state index >= 15 is 0 Å². The molecule has 0 amide bonds. The number of esters is 1. The molecule has 2 saturated heterocycles. The maximum atomic E-state index is 12.2. The van der Waals surface area contributed by atoms with E-state index in [4.69, 9.17) is 4.74 Å². The highest BCUT2D eigenvalue weighted by atomic mass is 16.6. The number of aliphatic hydroxyl groups is 2. The zero-order chi connectivity index (χ0) is 14.9. The van der Waals surface area contributed by atoms with Gasteiger partial charge in [-0.25, -0.2) is 4.79 Å². The second-order valence-corrected chi connectivity index (χ2v) is 6.71. The summed E-state index contributed by atoms with van der Waals surface area (Å²) in [6, 6.07) is 0.612. The van der Waals surface area contributed by atoms with Crippen LogP contribution in [0.4, 0.5) is 0 Å². The summed E-state index contributed by atoms with van der Waals surface area (Å²) in [4.78, 5) is 13.8. The molecule has 2 aliphatic heterocycles. The van der Waals surface area contributed by atoms with Gasteiger partial charge in [-0.2, -0.15) is 0 Å². The largest absolute Gasteiger partial charge is 0.463 e. The Labute approximate surface area is 120 Å². The van der Waals surface area contributed by atoms with Gasteiger partial charge < -0.3 is 19.8 Å². The predicted molar refractivity (Wildman–Crippen MR) is 74.3 cm³/mol. The van der Waals surface area contributed by atoms with Crippen molar-refractivity contribution >= 4 is 5.97 Å². The third kappa shape index (κ3) is 2.71. The van der Waals surface area contributed by atoms with E-state index in [9.17, 15) is 15.0 Å². The first kappa shape index (κ1) is 15.7. The molecule has 0 aromatic rings. The van der Waals surface area contributed by atoms with Crippen molar-refractivity contribution in [2.24, 2.45) is 11.8 Å². The highest BCUT2D eigenvalue weighted by molar-refractivity contribution is 5.80. The van der Waals surface area contributed by atoms with Crippen LogP contribution in [0, 0.1) is 11.8 Å². The lowest BCUT2D eigenvalue weighted by Crippen LogP contribution is -3.11. The fourth-order valence-corrected chi connectivity index (χ4v) is 3.78. The van der Waals surface area contributed by atoms with E-state index in [0.717, 1.165) is 13.0 Å². The van der Waals surface area contributed by atoms with Gasteiger partial charge in [-0.15, -0.1) is 0 Å². The molecular weight excluding hydrogens is 258 g/mol. The number of hydrogen-bond acceptors (Lipinski definition) is 4. The molecule has 0 aliphatic carbocycles. The lowest BCUT2D eigenvalue weighted by Gasteiger charge is -2.32. The maximum absolute atomic E-state index is 12.2. The van der Waals surface area contributed by atoms with Crippen molar-refractivity contribution in [1.29, 1.82) is 0 Å². The van der Waals surface area contributed by atoms with Crippen molar-refractivity contribution < 1.29 is 24.6 Å². The standard InChI is InChI=1S/C15H27NO4/c1-10(2)15(19,11(3)17)14(18)20-9-12-6-8-16-7-4-5-13(12)16/h10-13,17,19H,4-9H2,1-3H3/p+1/t11-,12-,13+,15+/m1/s1. The fraction of sp³-hybridized carbons (Fsp3) is 0.933. The van der Waals surface area contributed by atoms with Gasteiger partial charge in [0.2, 0.25) is 0 Å². The van der Waals surface area contributed by atoms with Crippen molar-refractivity contribution in [3.63, 3.8) is 0 Å². The minimum atomic E-state index is -1.80.